The predicted molar refractivity (Wildman–Crippen MR) is 83.9 cm³/mol. The molecular weight excluding hydrogens is 308 g/mol. The number of aromatic nitrogens is 2. The van der Waals surface area contributed by atoms with Crippen molar-refractivity contribution in [1.29, 1.82) is 0 Å². The predicted octanol–water partition coefficient (Wildman–Crippen LogP) is 2.84. The van der Waals surface area contributed by atoms with Crippen molar-refractivity contribution in [2.24, 2.45) is 0 Å². The molecule has 1 aliphatic heterocycles. The van der Waals surface area contributed by atoms with Gasteiger partial charge in [0.15, 0.2) is 14.6 Å². The highest BCUT2D eigenvalue weighted by Crippen LogP contribution is 2.31. The zero-order chi connectivity index (χ0) is 15.2. The van der Waals surface area contributed by atoms with Crippen LogP contribution in [-0.2, 0) is 14.6 Å². The van der Waals surface area contributed by atoms with Crippen LogP contribution in [-0.4, -0.2) is 36.9 Å². The van der Waals surface area contributed by atoms with Crippen molar-refractivity contribution in [3.05, 3.63) is 23.0 Å². The molecule has 0 bridgehead atoms. The summed E-state index contributed by atoms with van der Waals surface area (Å²) in [5, 5.41) is 0. The Morgan fingerprint density at radius 2 is 2.19 bits per heavy atom. The zero-order valence-electron chi connectivity index (χ0n) is 12.0. The number of ether oxygens (including phenoxy) is 1. The monoisotopic (exact) mass is 326 g/mol. The molecule has 1 aliphatic rings. The van der Waals surface area contributed by atoms with Crippen molar-refractivity contribution in [1.82, 2.24) is 9.55 Å². The molecule has 2 heterocycles. The smallest absolute Gasteiger partial charge is 0.178 e. The van der Waals surface area contributed by atoms with E-state index in [1.165, 1.54) is 6.26 Å². The van der Waals surface area contributed by atoms with E-state index in [9.17, 15) is 8.42 Å². The van der Waals surface area contributed by atoms with Crippen molar-refractivity contribution in [2.75, 3.05) is 12.9 Å². The highest BCUT2D eigenvalue weighted by molar-refractivity contribution is 7.91. The number of benzene rings is 1. The number of hydrogen-bond donors (Lipinski definition) is 1. The van der Waals surface area contributed by atoms with Crippen LogP contribution in [0.3, 0.4) is 0 Å². The largest absolute Gasteiger partial charge is 0.378 e. The molecule has 3 rings (SSSR count). The number of hydrogen-bond acceptors (Lipinski definition) is 4. The fraction of sp³-hybridized carbons (Fsp3) is 0.500. The van der Waals surface area contributed by atoms with Gasteiger partial charge in [0, 0.05) is 18.9 Å². The van der Waals surface area contributed by atoms with Crippen LogP contribution in [0.4, 0.5) is 0 Å². The molecule has 1 aromatic heterocycles. The lowest BCUT2D eigenvalue weighted by molar-refractivity contribution is 0.00647. The summed E-state index contributed by atoms with van der Waals surface area (Å²) in [5.41, 5.74) is 1.45. The Balaban J connectivity index is 2.21. The third-order valence-corrected chi connectivity index (χ3v) is 5.37. The standard InChI is InChI=1S/C14H18N2O3S2/c1-9-8-10(6-7-19-9)16-11-4-3-5-12(21(2,17)18)13(11)15-14(16)20/h3-5,9-10H,6-8H2,1-2H3,(H,15,20). The Hall–Kier alpha value is -1.18. The first-order chi connectivity index (χ1) is 9.88. The fourth-order valence-corrected chi connectivity index (χ4v) is 4.20. The maximum Gasteiger partial charge on any atom is 0.178 e. The first kappa shape index (κ1) is 14.7. The van der Waals surface area contributed by atoms with Crippen molar-refractivity contribution in [3.8, 4) is 0 Å². The van der Waals surface area contributed by atoms with Gasteiger partial charge in [-0.1, -0.05) is 6.07 Å². The zero-order valence-corrected chi connectivity index (χ0v) is 13.6. The molecule has 2 atom stereocenters. The minimum Gasteiger partial charge on any atom is -0.378 e. The quantitative estimate of drug-likeness (QED) is 0.862. The highest BCUT2D eigenvalue weighted by Gasteiger charge is 2.24. The second-order valence-corrected chi connectivity index (χ2v) is 7.95. The third-order valence-electron chi connectivity index (χ3n) is 3.94. The molecule has 0 aliphatic carbocycles. The van der Waals surface area contributed by atoms with Crippen LogP contribution in [0.25, 0.3) is 11.0 Å². The van der Waals surface area contributed by atoms with Crippen molar-refractivity contribution < 1.29 is 13.2 Å². The minimum atomic E-state index is -3.29. The summed E-state index contributed by atoms with van der Waals surface area (Å²) in [4.78, 5) is 3.37. The molecule has 1 fully saturated rings. The van der Waals surface area contributed by atoms with E-state index in [2.05, 4.69) is 4.98 Å². The van der Waals surface area contributed by atoms with E-state index in [1.807, 2.05) is 17.6 Å². The molecule has 1 N–H and O–H groups in total. The van der Waals surface area contributed by atoms with Crippen LogP contribution < -0.4 is 0 Å². The molecule has 0 amide bonds. The Morgan fingerprint density at radius 1 is 1.43 bits per heavy atom. The van der Waals surface area contributed by atoms with Crippen LogP contribution in [0, 0.1) is 4.77 Å². The Labute approximate surface area is 128 Å². The van der Waals surface area contributed by atoms with Crippen molar-refractivity contribution in [2.45, 2.75) is 36.8 Å². The number of rotatable bonds is 2. The van der Waals surface area contributed by atoms with E-state index < -0.39 is 9.84 Å². The molecule has 1 aromatic carbocycles. The number of nitrogens with one attached hydrogen (secondary N) is 1. The highest BCUT2D eigenvalue weighted by atomic mass is 32.2. The van der Waals surface area contributed by atoms with Crippen LogP contribution in [0.1, 0.15) is 25.8 Å². The third kappa shape index (κ3) is 2.65. The van der Waals surface area contributed by atoms with Crippen LogP contribution in [0.15, 0.2) is 23.1 Å². The van der Waals surface area contributed by atoms with Crippen LogP contribution in [0.5, 0.6) is 0 Å². The van der Waals surface area contributed by atoms with Gasteiger partial charge in [-0.15, -0.1) is 0 Å². The molecule has 7 heteroatoms. The molecule has 114 valence electrons. The minimum absolute atomic E-state index is 0.189. The molecule has 21 heavy (non-hydrogen) atoms. The Kier molecular flexibility index (Phi) is 3.67. The van der Waals surface area contributed by atoms with Gasteiger partial charge in [-0.3, -0.25) is 0 Å². The van der Waals surface area contributed by atoms with Gasteiger partial charge in [0.05, 0.1) is 22.0 Å². The number of aromatic amines is 1. The van der Waals surface area contributed by atoms with E-state index in [-0.39, 0.29) is 12.1 Å². The van der Waals surface area contributed by atoms with Crippen LogP contribution in [0.2, 0.25) is 0 Å². The summed E-state index contributed by atoms with van der Waals surface area (Å²) in [6.45, 7) is 2.75. The fourth-order valence-electron chi connectivity index (χ4n) is 3.00. The molecular formula is C14H18N2O3S2. The molecule has 0 spiro atoms. The van der Waals surface area contributed by atoms with E-state index >= 15 is 0 Å². The van der Waals surface area contributed by atoms with E-state index in [1.54, 1.807) is 12.1 Å². The molecule has 0 radical (unpaired) electrons. The van der Waals surface area contributed by atoms with Gasteiger partial charge in [-0.2, -0.15) is 0 Å². The molecule has 5 nitrogen and oxygen atoms in total. The van der Waals surface area contributed by atoms with Crippen LogP contribution >= 0.6 is 12.2 Å². The average Bonchev–Trinajstić information content (AvgIpc) is 2.73. The molecule has 1 saturated heterocycles. The maximum atomic E-state index is 11.9. The second-order valence-electron chi connectivity index (χ2n) is 5.58. The summed E-state index contributed by atoms with van der Waals surface area (Å²) in [5.74, 6) is 0. The van der Waals surface area contributed by atoms with E-state index in [0.717, 1.165) is 18.4 Å². The van der Waals surface area contributed by atoms with Crippen molar-refractivity contribution >= 4 is 33.1 Å². The topological polar surface area (TPSA) is 64.1 Å². The lowest BCUT2D eigenvalue weighted by atomic mass is 10.0. The van der Waals surface area contributed by atoms with Gasteiger partial charge >= 0.3 is 0 Å². The number of nitrogens with zero attached hydrogens (tertiary/aromatic N) is 1. The lowest BCUT2D eigenvalue weighted by Crippen LogP contribution is -2.25. The molecule has 2 unspecified atom stereocenters. The van der Waals surface area contributed by atoms with E-state index in [0.29, 0.717) is 21.8 Å². The normalized spacial score (nSPS) is 23.5. The van der Waals surface area contributed by atoms with Gasteiger partial charge in [-0.05, 0) is 44.1 Å². The Morgan fingerprint density at radius 3 is 2.86 bits per heavy atom. The van der Waals surface area contributed by atoms with Gasteiger partial charge in [-0.25, -0.2) is 8.42 Å². The van der Waals surface area contributed by atoms with Gasteiger partial charge in [0.1, 0.15) is 0 Å². The lowest BCUT2D eigenvalue weighted by Gasteiger charge is -2.28. The second kappa shape index (κ2) is 5.23. The van der Waals surface area contributed by atoms with Gasteiger partial charge in [0.2, 0.25) is 0 Å². The number of sulfone groups is 1. The Bertz CT molecular complexity index is 836. The maximum absolute atomic E-state index is 11.9. The number of fused-ring (bicyclic) bond motifs is 1. The number of para-hydroxylation sites is 1. The first-order valence-corrected chi connectivity index (χ1v) is 9.23. The van der Waals surface area contributed by atoms with Gasteiger partial charge in [0.25, 0.3) is 0 Å². The summed E-state index contributed by atoms with van der Waals surface area (Å²) < 4.78 is 32.0. The average molecular weight is 326 g/mol. The number of H-pyrrole nitrogens is 1. The van der Waals surface area contributed by atoms with E-state index in [4.69, 9.17) is 17.0 Å². The summed E-state index contributed by atoms with van der Waals surface area (Å²) >= 11 is 5.43. The molecule has 0 saturated carbocycles. The SMILES string of the molecule is CC1CC(n2c(=S)[nH]c3c(S(C)(=O)=O)cccc32)CCO1. The summed E-state index contributed by atoms with van der Waals surface area (Å²) in [6.07, 6.45) is 3.17. The molecule has 2 aromatic rings. The summed E-state index contributed by atoms with van der Waals surface area (Å²) in [7, 11) is -3.29. The number of imidazole rings is 1. The van der Waals surface area contributed by atoms with Crippen molar-refractivity contribution in [3.63, 3.8) is 0 Å². The summed E-state index contributed by atoms with van der Waals surface area (Å²) in [6, 6.07) is 5.53. The van der Waals surface area contributed by atoms with Gasteiger partial charge < -0.3 is 14.3 Å². The first-order valence-electron chi connectivity index (χ1n) is 6.93.